The molecule has 96 valence electrons. The molecular weight excluding hydrogens is 260 g/mol. The molecule has 0 N–H and O–H groups in total. The number of hydrogen-bond acceptors (Lipinski definition) is 2. The van der Waals surface area contributed by atoms with Crippen LogP contribution >= 0.6 is 11.6 Å². The molecule has 3 heteroatoms. The smallest absolute Gasteiger partial charge is 0.180 e. The molecule has 2 aromatic rings. The first-order chi connectivity index (χ1) is 9.11. The van der Waals surface area contributed by atoms with Gasteiger partial charge < -0.3 is 4.74 Å². The Bertz CT molecular complexity index is 636. The molecule has 1 aliphatic heterocycles. The maximum absolute atomic E-state index is 12.8. The lowest BCUT2D eigenvalue weighted by Gasteiger charge is -2.33. The fourth-order valence-electron chi connectivity index (χ4n) is 2.41. The van der Waals surface area contributed by atoms with Crippen molar-refractivity contribution >= 4 is 17.4 Å². The molecule has 1 heterocycles. The number of ether oxygens (including phenoxy) is 1. The summed E-state index contributed by atoms with van der Waals surface area (Å²) in [6, 6.07) is 14.9. The third-order valence-electron chi connectivity index (χ3n) is 3.61. The van der Waals surface area contributed by atoms with Crippen molar-refractivity contribution in [3.63, 3.8) is 0 Å². The zero-order chi connectivity index (χ0) is 13.5. The molecule has 0 bridgehead atoms. The Kier molecular flexibility index (Phi) is 2.83. The average Bonchev–Trinajstić information content (AvgIpc) is 2.45. The predicted molar refractivity (Wildman–Crippen MR) is 75.1 cm³/mol. The van der Waals surface area contributed by atoms with Crippen molar-refractivity contribution < 1.29 is 9.53 Å². The van der Waals surface area contributed by atoms with E-state index in [1.54, 1.807) is 18.2 Å². The van der Waals surface area contributed by atoms with Crippen LogP contribution in [0.15, 0.2) is 48.5 Å². The van der Waals surface area contributed by atoms with Crippen LogP contribution in [0.5, 0.6) is 5.75 Å². The van der Waals surface area contributed by atoms with Crippen LogP contribution in [-0.4, -0.2) is 12.4 Å². The lowest BCUT2D eigenvalue weighted by molar-refractivity contribution is 0.0792. The number of carbonyl (C=O) groups is 1. The second-order valence-corrected chi connectivity index (χ2v) is 5.39. The monoisotopic (exact) mass is 272 g/mol. The van der Waals surface area contributed by atoms with Crippen LogP contribution in [0.4, 0.5) is 0 Å². The third-order valence-corrected chi connectivity index (χ3v) is 3.85. The van der Waals surface area contributed by atoms with Gasteiger partial charge >= 0.3 is 0 Å². The van der Waals surface area contributed by atoms with Crippen molar-refractivity contribution in [2.75, 3.05) is 6.61 Å². The van der Waals surface area contributed by atoms with E-state index in [1.807, 2.05) is 37.3 Å². The SMILES string of the molecule is C[C@]1(c2ccccc2)COc2ccc(Cl)cc2C1=O. The largest absolute Gasteiger partial charge is 0.491 e. The summed E-state index contributed by atoms with van der Waals surface area (Å²) in [6.07, 6.45) is 0. The first-order valence-electron chi connectivity index (χ1n) is 6.14. The van der Waals surface area contributed by atoms with E-state index in [2.05, 4.69) is 0 Å². The maximum atomic E-state index is 12.8. The van der Waals surface area contributed by atoms with E-state index in [4.69, 9.17) is 16.3 Å². The predicted octanol–water partition coefficient (Wildman–Crippen LogP) is 3.87. The Balaban J connectivity index is 2.11. The van der Waals surface area contributed by atoms with Gasteiger partial charge in [-0.1, -0.05) is 41.9 Å². The van der Waals surface area contributed by atoms with Gasteiger partial charge in [-0.15, -0.1) is 0 Å². The number of carbonyl (C=O) groups excluding carboxylic acids is 1. The van der Waals surface area contributed by atoms with Gasteiger partial charge in [0.15, 0.2) is 5.78 Å². The lowest BCUT2D eigenvalue weighted by atomic mass is 9.75. The van der Waals surface area contributed by atoms with Crippen LogP contribution in [0, 0.1) is 0 Å². The van der Waals surface area contributed by atoms with Crippen LogP contribution in [0.2, 0.25) is 5.02 Å². The molecule has 0 saturated heterocycles. The number of benzene rings is 2. The van der Waals surface area contributed by atoms with Gasteiger partial charge in [0.05, 0.1) is 11.0 Å². The number of Topliss-reactive ketones (excluding diaryl/α,β-unsaturated/α-hetero) is 1. The van der Waals surface area contributed by atoms with Gasteiger partial charge in [0.25, 0.3) is 0 Å². The van der Waals surface area contributed by atoms with E-state index in [1.165, 1.54) is 0 Å². The summed E-state index contributed by atoms with van der Waals surface area (Å²) < 4.78 is 5.74. The standard InChI is InChI=1S/C16H13ClO2/c1-16(11-5-3-2-4-6-11)10-19-14-8-7-12(17)9-13(14)15(16)18/h2-9H,10H2,1H3/t16-/m1/s1. The summed E-state index contributed by atoms with van der Waals surface area (Å²) in [5.41, 5.74) is 0.870. The van der Waals surface area contributed by atoms with Crippen molar-refractivity contribution in [2.45, 2.75) is 12.3 Å². The van der Waals surface area contributed by atoms with Crippen LogP contribution < -0.4 is 4.74 Å². The van der Waals surface area contributed by atoms with Crippen molar-refractivity contribution in [3.8, 4) is 5.75 Å². The summed E-state index contributed by atoms with van der Waals surface area (Å²) in [4.78, 5) is 12.8. The highest BCUT2D eigenvalue weighted by molar-refractivity contribution is 6.31. The van der Waals surface area contributed by atoms with Gasteiger partial charge in [-0.25, -0.2) is 0 Å². The molecular formula is C16H13ClO2. The molecule has 2 aromatic carbocycles. The van der Waals surface area contributed by atoms with E-state index in [0.29, 0.717) is 22.9 Å². The molecule has 0 fully saturated rings. The normalized spacial score (nSPS) is 21.7. The minimum atomic E-state index is -0.654. The van der Waals surface area contributed by atoms with Crippen LogP contribution in [-0.2, 0) is 5.41 Å². The van der Waals surface area contributed by atoms with Gasteiger partial charge in [0.2, 0.25) is 0 Å². The van der Waals surface area contributed by atoms with E-state index < -0.39 is 5.41 Å². The molecule has 0 saturated carbocycles. The van der Waals surface area contributed by atoms with Crippen molar-refractivity contribution in [2.24, 2.45) is 0 Å². The van der Waals surface area contributed by atoms with Gasteiger partial charge in [-0.2, -0.15) is 0 Å². The Hall–Kier alpha value is -1.80. The number of rotatable bonds is 1. The molecule has 1 atom stereocenters. The summed E-state index contributed by atoms with van der Waals surface area (Å²) in [6.45, 7) is 2.26. The second kappa shape index (κ2) is 4.39. The first kappa shape index (κ1) is 12.2. The summed E-state index contributed by atoms with van der Waals surface area (Å²) in [5, 5.41) is 0.549. The van der Waals surface area contributed by atoms with Gasteiger partial charge in [-0.05, 0) is 30.7 Å². The summed E-state index contributed by atoms with van der Waals surface area (Å²) >= 11 is 5.97. The first-order valence-corrected chi connectivity index (χ1v) is 6.52. The molecule has 3 rings (SSSR count). The maximum Gasteiger partial charge on any atom is 0.180 e. The highest BCUT2D eigenvalue weighted by Gasteiger charge is 2.41. The Morgan fingerprint density at radius 3 is 2.63 bits per heavy atom. The zero-order valence-corrected chi connectivity index (χ0v) is 11.3. The Labute approximate surface area is 117 Å². The minimum Gasteiger partial charge on any atom is -0.491 e. The van der Waals surface area contributed by atoms with E-state index in [-0.39, 0.29) is 5.78 Å². The molecule has 0 unspecified atom stereocenters. The highest BCUT2D eigenvalue weighted by atomic mass is 35.5. The molecule has 2 nitrogen and oxygen atoms in total. The number of hydrogen-bond donors (Lipinski definition) is 0. The molecule has 0 radical (unpaired) electrons. The molecule has 0 spiro atoms. The second-order valence-electron chi connectivity index (χ2n) is 4.96. The highest BCUT2D eigenvalue weighted by Crippen LogP contribution is 2.37. The lowest BCUT2D eigenvalue weighted by Crippen LogP contribution is -2.42. The minimum absolute atomic E-state index is 0.0578. The molecule has 1 aliphatic rings. The van der Waals surface area contributed by atoms with E-state index in [9.17, 15) is 4.79 Å². The van der Waals surface area contributed by atoms with Gasteiger partial charge in [0.1, 0.15) is 12.4 Å². The fraction of sp³-hybridized carbons (Fsp3) is 0.188. The summed E-state index contributed by atoms with van der Waals surface area (Å²) in [7, 11) is 0. The number of halogens is 1. The van der Waals surface area contributed by atoms with E-state index >= 15 is 0 Å². The quantitative estimate of drug-likeness (QED) is 0.788. The molecule has 0 aromatic heterocycles. The Morgan fingerprint density at radius 2 is 1.89 bits per heavy atom. The van der Waals surface area contributed by atoms with Crippen molar-refractivity contribution in [1.82, 2.24) is 0 Å². The topological polar surface area (TPSA) is 26.3 Å². The van der Waals surface area contributed by atoms with Crippen molar-refractivity contribution in [3.05, 3.63) is 64.7 Å². The zero-order valence-electron chi connectivity index (χ0n) is 10.5. The van der Waals surface area contributed by atoms with Gasteiger partial charge in [-0.3, -0.25) is 4.79 Å². The van der Waals surface area contributed by atoms with Crippen LogP contribution in [0.1, 0.15) is 22.8 Å². The molecule has 19 heavy (non-hydrogen) atoms. The number of ketones is 1. The molecule has 0 amide bonds. The Morgan fingerprint density at radius 1 is 1.16 bits per heavy atom. The van der Waals surface area contributed by atoms with Crippen molar-refractivity contribution in [1.29, 1.82) is 0 Å². The van der Waals surface area contributed by atoms with E-state index in [0.717, 1.165) is 5.56 Å². The summed E-state index contributed by atoms with van der Waals surface area (Å²) in [5.74, 6) is 0.672. The van der Waals surface area contributed by atoms with Gasteiger partial charge in [0, 0.05) is 5.02 Å². The fourth-order valence-corrected chi connectivity index (χ4v) is 2.58. The van der Waals surface area contributed by atoms with Crippen LogP contribution in [0.25, 0.3) is 0 Å². The van der Waals surface area contributed by atoms with Crippen LogP contribution in [0.3, 0.4) is 0 Å². The third kappa shape index (κ3) is 1.92. The average molecular weight is 273 g/mol. The number of fused-ring (bicyclic) bond motifs is 1. The molecule has 0 aliphatic carbocycles.